The monoisotopic (exact) mass is 239 g/mol. The topological polar surface area (TPSA) is 63.9 Å². The van der Waals surface area contributed by atoms with Gasteiger partial charge in [-0.1, -0.05) is 12.1 Å². The third kappa shape index (κ3) is 1.68. The number of nitrogens with zero attached hydrogens (tertiary/aromatic N) is 1. The minimum atomic E-state index is 0.660. The number of fused-ring (bicyclic) bond motifs is 1. The van der Waals surface area contributed by atoms with Crippen LogP contribution in [0.1, 0.15) is 0 Å². The molecule has 0 bridgehead atoms. The first kappa shape index (κ1) is 10.7. The maximum Gasteiger partial charge on any atom is 0.142 e. The van der Waals surface area contributed by atoms with Gasteiger partial charge in [0.1, 0.15) is 5.75 Å². The SMILES string of the molecule is COc1cccc2cc(-c3ccc(N)cn3)[nH]c12. The van der Waals surface area contributed by atoms with Gasteiger partial charge in [0.2, 0.25) is 0 Å². The number of nitrogens with two attached hydrogens (primary N) is 1. The number of para-hydroxylation sites is 1. The van der Waals surface area contributed by atoms with E-state index in [-0.39, 0.29) is 0 Å². The second-order valence-corrected chi connectivity index (χ2v) is 4.08. The highest BCUT2D eigenvalue weighted by Crippen LogP contribution is 2.29. The standard InChI is InChI=1S/C14H13N3O/c1-18-13-4-2-3-9-7-12(17-14(9)13)11-6-5-10(15)8-16-11/h2-8,17H,15H2,1H3. The Morgan fingerprint density at radius 1 is 1.22 bits per heavy atom. The number of benzene rings is 1. The molecule has 3 aromatic rings. The smallest absolute Gasteiger partial charge is 0.142 e. The lowest BCUT2D eigenvalue weighted by Crippen LogP contribution is -1.88. The van der Waals surface area contributed by atoms with Gasteiger partial charge in [-0.25, -0.2) is 0 Å². The second kappa shape index (κ2) is 4.07. The Balaban J connectivity index is 2.16. The zero-order valence-electron chi connectivity index (χ0n) is 9.97. The molecule has 3 N–H and O–H groups in total. The summed E-state index contributed by atoms with van der Waals surface area (Å²) in [6, 6.07) is 11.7. The Labute approximate surface area is 104 Å². The summed E-state index contributed by atoms with van der Waals surface area (Å²) in [6.45, 7) is 0. The molecular weight excluding hydrogens is 226 g/mol. The van der Waals surface area contributed by atoms with Crippen LogP contribution >= 0.6 is 0 Å². The van der Waals surface area contributed by atoms with Gasteiger partial charge in [0.25, 0.3) is 0 Å². The van der Waals surface area contributed by atoms with Crippen LogP contribution in [0.15, 0.2) is 42.6 Å². The molecule has 90 valence electrons. The van der Waals surface area contributed by atoms with Crippen molar-refractivity contribution >= 4 is 16.6 Å². The van der Waals surface area contributed by atoms with E-state index in [0.717, 1.165) is 28.0 Å². The van der Waals surface area contributed by atoms with Gasteiger partial charge in [0.05, 0.1) is 35.9 Å². The predicted octanol–water partition coefficient (Wildman–Crippen LogP) is 2.82. The first-order valence-electron chi connectivity index (χ1n) is 5.65. The Morgan fingerprint density at radius 3 is 2.83 bits per heavy atom. The van der Waals surface area contributed by atoms with Crippen molar-refractivity contribution in [3.8, 4) is 17.1 Å². The van der Waals surface area contributed by atoms with Gasteiger partial charge >= 0.3 is 0 Å². The lowest BCUT2D eigenvalue weighted by Gasteiger charge is -2.00. The number of ether oxygens (including phenoxy) is 1. The van der Waals surface area contributed by atoms with E-state index in [1.807, 2.05) is 30.3 Å². The maximum atomic E-state index is 5.63. The average molecular weight is 239 g/mol. The van der Waals surface area contributed by atoms with Crippen molar-refractivity contribution in [2.24, 2.45) is 0 Å². The van der Waals surface area contributed by atoms with Crippen LogP contribution in [0.2, 0.25) is 0 Å². The largest absolute Gasteiger partial charge is 0.495 e. The van der Waals surface area contributed by atoms with Gasteiger partial charge in [0.15, 0.2) is 0 Å². The van der Waals surface area contributed by atoms with Gasteiger partial charge < -0.3 is 15.5 Å². The molecule has 2 heterocycles. The summed E-state index contributed by atoms with van der Waals surface area (Å²) in [7, 11) is 1.66. The van der Waals surface area contributed by atoms with E-state index in [0.29, 0.717) is 5.69 Å². The molecule has 4 heteroatoms. The quantitative estimate of drug-likeness (QED) is 0.722. The van der Waals surface area contributed by atoms with Crippen molar-refractivity contribution in [2.45, 2.75) is 0 Å². The van der Waals surface area contributed by atoms with E-state index < -0.39 is 0 Å². The van der Waals surface area contributed by atoms with Crippen LogP contribution < -0.4 is 10.5 Å². The van der Waals surface area contributed by atoms with Crippen molar-refractivity contribution in [1.29, 1.82) is 0 Å². The molecule has 4 nitrogen and oxygen atoms in total. The molecule has 0 atom stereocenters. The van der Waals surface area contributed by atoms with E-state index in [1.165, 1.54) is 0 Å². The summed E-state index contributed by atoms with van der Waals surface area (Å²) in [5, 5.41) is 1.10. The summed E-state index contributed by atoms with van der Waals surface area (Å²) in [5.74, 6) is 0.828. The summed E-state index contributed by atoms with van der Waals surface area (Å²) in [4.78, 5) is 7.62. The molecule has 18 heavy (non-hydrogen) atoms. The minimum absolute atomic E-state index is 0.660. The number of aromatic amines is 1. The predicted molar refractivity (Wildman–Crippen MR) is 72.5 cm³/mol. The number of rotatable bonds is 2. The molecule has 0 unspecified atom stereocenters. The Morgan fingerprint density at radius 2 is 2.11 bits per heavy atom. The molecular formula is C14H13N3O. The highest BCUT2D eigenvalue weighted by Gasteiger charge is 2.07. The van der Waals surface area contributed by atoms with Crippen LogP contribution in [0.3, 0.4) is 0 Å². The van der Waals surface area contributed by atoms with Gasteiger partial charge in [-0.15, -0.1) is 0 Å². The van der Waals surface area contributed by atoms with Crippen LogP contribution in [-0.4, -0.2) is 17.1 Å². The molecule has 0 saturated heterocycles. The first-order chi connectivity index (χ1) is 8.78. The molecule has 0 saturated carbocycles. The summed E-state index contributed by atoms with van der Waals surface area (Å²) >= 11 is 0. The fourth-order valence-electron chi connectivity index (χ4n) is 2.00. The van der Waals surface area contributed by atoms with E-state index >= 15 is 0 Å². The van der Waals surface area contributed by atoms with E-state index in [1.54, 1.807) is 13.3 Å². The van der Waals surface area contributed by atoms with Gasteiger partial charge in [-0.3, -0.25) is 4.98 Å². The molecule has 0 radical (unpaired) electrons. The lowest BCUT2D eigenvalue weighted by molar-refractivity contribution is 0.419. The molecule has 2 aromatic heterocycles. The van der Waals surface area contributed by atoms with Crippen LogP contribution in [0.5, 0.6) is 5.75 Å². The van der Waals surface area contributed by atoms with Crippen molar-refractivity contribution in [3.05, 3.63) is 42.6 Å². The fraction of sp³-hybridized carbons (Fsp3) is 0.0714. The molecule has 0 aliphatic heterocycles. The Hall–Kier alpha value is -2.49. The van der Waals surface area contributed by atoms with Crippen LogP contribution in [0.25, 0.3) is 22.3 Å². The number of hydrogen-bond donors (Lipinski definition) is 2. The van der Waals surface area contributed by atoms with Crippen LogP contribution in [0, 0.1) is 0 Å². The second-order valence-electron chi connectivity index (χ2n) is 4.08. The van der Waals surface area contributed by atoms with Gasteiger partial charge in [-0.05, 0) is 24.3 Å². The maximum absolute atomic E-state index is 5.63. The zero-order valence-corrected chi connectivity index (χ0v) is 9.97. The number of anilines is 1. The Bertz CT molecular complexity index is 686. The molecule has 0 aliphatic carbocycles. The van der Waals surface area contributed by atoms with Crippen molar-refractivity contribution in [1.82, 2.24) is 9.97 Å². The molecule has 0 spiro atoms. The highest BCUT2D eigenvalue weighted by atomic mass is 16.5. The molecule has 1 aromatic carbocycles. The summed E-state index contributed by atoms with van der Waals surface area (Å²) in [5.41, 5.74) is 9.09. The number of hydrogen-bond acceptors (Lipinski definition) is 3. The van der Waals surface area contributed by atoms with Crippen molar-refractivity contribution in [2.75, 3.05) is 12.8 Å². The molecule has 0 aliphatic rings. The van der Waals surface area contributed by atoms with Crippen LogP contribution in [-0.2, 0) is 0 Å². The Kier molecular flexibility index (Phi) is 2.41. The number of nitrogen functional groups attached to an aromatic ring is 1. The summed E-state index contributed by atoms with van der Waals surface area (Å²) in [6.07, 6.45) is 1.65. The number of aromatic nitrogens is 2. The number of H-pyrrole nitrogens is 1. The summed E-state index contributed by atoms with van der Waals surface area (Å²) < 4.78 is 5.32. The first-order valence-corrected chi connectivity index (χ1v) is 5.65. The average Bonchev–Trinajstić information content (AvgIpc) is 2.83. The number of pyridine rings is 1. The molecule has 3 rings (SSSR count). The highest BCUT2D eigenvalue weighted by molar-refractivity contribution is 5.89. The van der Waals surface area contributed by atoms with E-state index in [9.17, 15) is 0 Å². The third-order valence-corrected chi connectivity index (χ3v) is 2.90. The van der Waals surface area contributed by atoms with Crippen molar-refractivity contribution < 1.29 is 4.74 Å². The zero-order chi connectivity index (χ0) is 12.5. The van der Waals surface area contributed by atoms with Crippen molar-refractivity contribution in [3.63, 3.8) is 0 Å². The molecule has 0 fully saturated rings. The minimum Gasteiger partial charge on any atom is -0.495 e. The van der Waals surface area contributed by atoms with E-state index in [2.05, 4.69) is 16.0 Å². The fourth-order valence-corrected chi connectivity index (χ4v) is 2.00. The third-order valence-electron chi connectivity index (χ3n) is 2.90. The lowest BCUT2D eigenvalue weighted by atomic mass is 10.2. The van der Waals surface area contributed by atoms with Gasteiger partial charge in [-0.2, -0.15) is 0 Å². The molecule has 0 amide bonds. The van der Waals surface area contributed by atoms with E-state index in [4.69, 9.17) is 10.5 Å². The number of nitrogens with one attached hydrogen (secondary N) is 1. The van der Waals surface area contributed by atoms with Crippen LogP contribution in [0.4, 0.5) is 5.69 Å². The normalized spacial score (nSPS) is 10.7. The van der Waals surface area contributed by atoms with Gasteiger partial charge in [0, 0.05) is 5.39 Å². The number of methoxy groups -OCH3 is 1.